The second kappa shape index (κ2) is 19.2. The number of nitrogens with one attached hydrogen (secondary N) is 2. The zero-order valence-corrected chi connectivity index (χ0v) is 16.8. The zero-order valence-electron chi connectivity index (χ0n) is 16.8. The summed E-state index contributed by atoms with van der Waals surface area (Å²) < 4.78 is 0. The second-order valence-corrected chi connectivity index (χ2v) is 7.24. The van der Waals surface area contributed by atoms with Crippen molar-refractivity contribution in [2.75, 3.05) is 46.8 Å². The van der Waals surface area contributed by atoms with Crippen molar-refractivity contribution in [2.45, 2.75) is 83.7 Å². The normalized spacial score (nSPS) is 12.9. The summed E-state index contributed by atoms with van der Waals surface area (Å²) >= 11 is 0. The Hall–Kier alpha value is -0.160. The minimum absolute atomic E-state index is 0.179. The second-order valence-electron chi connectivity index (χ2n) is 7.24. The maximum atomic E-state index is 9.99. The molecule has 1 unspecified atom stereocenters. The highest BCUT2D eigenvalue weighted by atomic mass is 16.3. The number of rotatable bonds is 19. The number of likely N-dealkylation sites (N-methyl/N-ethyl adjacent to an activating group) is 2. The molecule has 1 atom stereocenters. The number of unbranched alkanes of at least 4 members (excludes halogenated alkanes) is 9. The summed E-state index contributed by atoms with van der Waals surface area (Å²) in [6.45, 7) is 7.09. The highest BCUT2D eigenvalue weighted by molar-refractivity contribution is 4.62. The molecular formula is C20H45N3O. The SMILES string of the molecule is CCCCCCCCCCCCC(O)CNCCN(C)CCNC. The first kappa shape index (κ1) is 23.8. The average molecular weight is 344 g/mol. The number of aliphatic hydroxyl groups excluding tert-OH is 1. The predicted molar refractivity (Wildman–Crippen MR) is 107 cm³/mol. The van der Waals surface area contributed by atoms with E-state index in [0.29, 0.717) is 0 Å². The van der Waals surface area contributed by atoms with E-state index in [1.165, 1.54) is 64.2 Å². The van der Waals surface area contributed by atoms with Gasteiger partial charge >= 0.3 is 0 Å². The van der Waals surface area contributed by atoms with E-state index < -0.39 is 0 Å². The van der Waals surface area contributed by atoms with Crippen molar-refractivity contribution >= 4 is 0 Å². The molecule has 0 aliphatic heterocycles. The van der Waals surface area contributed by atoms with Gasteiger partial charge in [-0.1, -0.05) is 71.1 Å². The minimum atomic E-state index is -0.179. The van der Waals surface area contributed by atoms with E-state index in [4.69, 9.17) is 0 Å². The molecule has 3 N–H and O–H groups in total. The molecule has 146 valence electrons. The summed E-state index contributed by atoms with van der Waals surface area (Å²) in [6, 6.07) is 0. The Morgan fingerprint density at radius 3 is 1.96 bits per heavy atom. The summed E-state index contributed by atoms with van der Waals surface area (Å²) in [5.74, 6) is 0. The molecule has 4 nitrogen and oxygen atoms in total. The Kier molecular flexibility index (Phi) is 19.0. The number of aliphatic hydroxyl groups is 1. The number of hydrogen-bond acceptors (Lipinski definition) is 4. The number of nitrogens with zero attached hydrogens (tertiary/aromatic N) is 1. The van der Waals surface area contributed by atoms with Gasteiger partial charge in [0.05, 0.1) is 6.10 Å². The first-order chi connectivity index (χ1) is 11.7. The van der Waals surface area contributed by atoms with Crippen LogP contribution in [0.1, 0.15) is 77.6 Å². The number of hydrogen-bond donors (Lipinski definition) is 3. The molecule has 0 saturated carbocycles. The summed E-state index contributed by atoms with van der Waals surface area (Å²) in [5, 5.41) is 16.5. The Bertz CT molecular complexity index is 239. The third-order valence-electron chi connectivity index (χ3n) is 4.68. The summed E-state index contributed by atoms with van der Waals surface area (Å²) in [7, 11) is 4.12. The van der Waals surface area contributed by atoms with Crippen LogP contribution in [0, 0.1) is 0 Å². The van der Waals surface area contributed by atoms with E-state index >= 15 is 0 Å². The molecule has 0 rings (SSSR count). The fourth-order valence-electron chi connectivity index (χ4n) is 2.92. The molecule has 0 heterocycles. The van der Waals surface area contributed by atoms with Gasteiger partial charge in [-0.3, -0.25) is 0 Å². The topological polar surface area (TPSA) is 47.5 Å². The van der Waals surface area contributed by atoms with Gasteiger partial charge in [0.2, 0.25) is 0 Å². The maximum Gasteiger partial charge on any atom is 0.0664 e. The van der Waals surface area contributed by atoms with Gasteiger partial charge in [-0.15, -0.1) is 0 Å². The first-order valence-corrected chi connectivity index (χ1v) is 10.4. The van der Waals surface area contributed by atoms with Gasteiger partial charge in [0.1, 0.15) is 0 Å². The van der Waals surface area contributed by atoms with Crippen molar-refractivity contribution in [3.8, 4) is 0 Å². The van der Waals surface area contributed by atoms with Crippen LogP contribution >= 0.6 is 0 Å². The predicted octanol–water partition coefficient (Wildman–Crippen LogP) is 3.40. The molecular weight excluding hydrogens is 298 g/mol. The maximum absolute atomic E-state index is 9.99. The van der Waals surface area contributed by atoms with Crippen molar-refractivity contribution in [2.24, 2.45) is 0 Å². The third-order valence-corrected chi connectivity index (χ3v) is 4.68. The summed E-state index contributed by atoms with van der Waals surface area (Å²) in [4.78, 5) is 2.30. The Morgan fingerprint density at radius 2 is 1.38 bits per heavy atom. The zero-order chi connectivity index (χ0) is 17.9. The lowest BCUT2D eigenvalue weighted by Gasteiger charge is -2.17. The molecule has 0 aromatic carbocycles. The third kappa shape index (κ3) is 18.2. The van der Waals surface area contributed by atoms with Gasteiger partial charge in [-0.2, -0.15) is 0 Å². The highest BCUT2D eigenvalue weighted by Gasteiger charge is 2.04. The Balaban J connectivity index is 3.22. The quantitative estimate of drug-likeness (QED) is 0.315. The Morgan fingerprint density at radius 1 is 0.833 bits per heavy atom. The van der Waals surface area contributed by atoms with Gasteiger partial charge in [0, 0.05) is 32.7 Å². The van der Waals surface area contributed by atoms with E-state index in [1.54, 1.807) is 0 Å². The molecule has 0 amide bonds. The van der Waals surface area contributed by atoms with Crippen LogP contribution in [0.4, 0.5) is 0 Å². The smallest absolute Gasteiger partial charge is 0.0664 e. The van der Waals surface area contributed by atoms with Crippen molar-refractivity contribution < 1.29 is 5.11 Å². The highest BCUT2D eigenvalue weighted by Crippen LogP contribution is 2.11. The van der Waals surface area contributed by atoms with Gasteiger partial charge in [-0.05, 0) is 20.5 Å². The van der Waals surface area contributed by atoms with Gasteiger partial charge in [-0.25, -0.2) is 0 Å². The molecule has 0 fully saturated rings. The van der Waals surface area contributed by atoms with Crippen LogP contribution in [0.2, 0.25) is 0 Å². The molecule has 24 heavy (non-hydrogen) atoms. The van der Waals surface area contributed by atoms with Gasteiger partial charge in [0.25, 0.3) is 0 Å². The van der Waals surface area contributed by atoms with Crippen LogP contribution in [0.5, 0.6) is 0 Å². The van der Waals surface area contributed by atoms with Crippen molar-refractivity contribution in [1.29, 1.82) is 0 Å². The summed E-state index contributed by atoms with van der Waals surface area (Å²) in [6.07, 6.45) is 14.3. The van der Waals surface area contributed by atoms with E-state index in [-0.39, 0.29) is 6.10 Å². The van der Waals surface area contributed by atoms with Gasteiger partial charge < -0.3 is 20.6 Å². The molecule has 0 aromatic rings. The molecule has 0 radical (unpaired) electrons. The molecule has 0 spiro atoms. The molecule has 0 aliphatic rings. The van der Waals surface area contributed by atoms with Crippen molar-refractivity contribution in [1.82, 2.24) is 15.5 Å². The molecule has 0 aromatic heterocycles. The fourth-order valence-corrected chi connectivity index (χ4v) is 2.92. The monoisotopic (exact) mass is 343 g/mol. The van der Waals surface area contributed by atoms with Crippen LogP contribution in [0.3, 0.4) is 0 Å². The minimum Gasteiger partial charge on any atom is -0.392 e. The molecule has 0 aliphatic carbocycles. The van der Waals surface area contributed by atoms with Crippen LogP contribution in [0.15, 0.2) is 0 Å². The fraction of sp³-hybridized carbons (Fsp3) is 1.00. The first-order valence-electron chi connectivity index (χ1n) is 10.4. The van der Waals surface area contributed by atoms with Gasteiger partial charge in [0.15, 0.2) is 0 Å². The van der Waals surface area contributed by atoms with Crippen LogP contribution in [-0.2, 0) is 0 Å². The van der Waals surface area contributed by atoms with Crippen LogP contribution < -0.4 is 10.6 Å². The van der Waals surface area contributed by atoms with E-state index in [0.717, 1.165) is 39.1 Å². The summed E-state index contributed by atoms with van der Waals surface area (Å²) in [5.41, 5.74) is 0. The lowest BCUT2D eigenvalue weighted by molar-refractivity contribution is 0.156. The average Bonchev–Trinajstić information content (AvgIpc) is 2.58. The molecule has 4 heteroatoms. The molecule has 0 bridgehead atoms. The van der Waals surface area contributed by atoms with E-state index in [2.05, 4.69) is 29.5 Å². The van der Waals surface area contributed by atoms with Crippen molar-refractivity contribution in [3.63, 3.8) is 0 Å². The largest absolute Gasteiger partial charge is 0.392 e. The van der Waals surface area contributed by atoms with Crippen molar-refractivity contribution in [3.05, 3.63) is 0 Å². The molecule has 0 saturated heterocycles. The Labute approximate surface area is 151 Å². The van der Waals surface area contributed by atoms with E-state index in [9.17, 15) is 5.11 Å². The van der Waals surface area contributed by atoms with Crippen LogP contribution in [-0.4, -0.2) is 62.9 Å². The lowest BCUT2D eigenvalue weighted by atomic mass is 10.0. The van der Waals surface area contributed by atoms with E-state index in [1.807, 2.05) is 7.05 Å². The lowest BCUT2D eigenvalue weighted by Crippen LogP contribution is -2.36. The van der Waals surface area contributed by atoms with Crippen LogP contribution in [0.25, 0.3) is 0 Å². The standard InChI is InChI=1S/C20H45N3O/c1-4-5-6-7-8-9-10-11-12-13-14-20(24)19-22-16-18-23(3)17-15-21-2/h20-22,24H,4-19H2,1-3H3.